The van der Waals surface area contributed by atoms with Gasteiger partial charge in [-0.05, 0) is 63.9 Å². The van der Waals surface area contributed by atoms with E-state index in [0.29, 0.717) is 17.0 Å². The summed E-state index contributed by atoms with van der Waals surface area (Å²) >= 11 is 0. The fourth-order valence-corrected chi connectivity index (χ4v) is 3.50. The van der Waals surface area contributed by atoms with Crippen molar-refractivity contribution in [3.63, 3.8) is 0 Å². The third-order valence-electron chi connectivity index (χ3n) is 5.03. The highest BCUT2D eigenvalue weighted by Crippen LogP contribution is 2.38. The Balaban J connectivity index is 1.91. The molecule has 0 fully saturated rings. The minimum absolute atomic E-state index is 0.0270. The molecule has 7 heteroatoms. The first-order chi connectivity index (χ1) is 14.6. The van der Waals surface area contributed by atoms with Gasteiger partial charge < -0.3 is 15.4 Å². The molecule has 164 valence electrons. The molecule has 0 radical (unpaired) electrons. The molecule has 0 saturated carbocycles. The molecule has 31 heavy (non-hydrogen) atoms. The first kappa shape index (κ1) is 22.3. The van der Waals surface area contributed by atoms with Crippen LogP contribution in [-0.2, 0) is 16.0 Å². The summed E-state index contributed by atoms with van der Waals surface area (Å²) in [5.41, 5.74) is 1.40. The topological polar surface area (TPSA) is 87.7 Å². The molecule has 0 aromatic heterocycles. The molecular formula is C24H29N3O4. The van der Waals surface area contributed by atoms with Gasteiger partial charge in [0.1, 0.15) is 12.3 Å². The maximum absolute atomic E-state index is 13.1. The van der Waals surface area contributed by atoms with Crippen molar-refractivity contribution in [3.05, 3.63) is 53.6 Å². The quantitative estimate of drug-likeness (QED) is 0.744. The Morgan fingerprint density at radius 3 is 2.52 bits per heavy atom. The van der Waals surface area contributed by atoms with E-state index in [-0.39, 0.29) is 30.3 Å². The molecular weight excluding hydrogens is 394 g/mol. The first-order valence-corrected chi connectivity index (χ1v) is 10.5. The summed E-state index contributed by atoms with van der Waals surface area (Å²) in [5.74, 6) is -0.473. The predicted molar refractivity (Wildman–Crippen MR) is 121 cm³/mol. The second-order valence-corrected chi connectivity index (χ2v) is 8.37. The lowest BCUT2D eigenvalue weighted by Gasteiger charge is -2.38. The van der Waals surface area contributed by atoms with Gasteiger partial charge in [0.2, 0.25) is 5.91 Å². The standard InChI is InChI=1S/C24H29N3O4/c1-6-16-9-7-8-10-18(16)26-21(28)14-27-19-13-17(22(29)25-15(2)3)11-12-20(19)31-24(4,5)23(27)30/h7-13,15H,6,14H2,1-5H3,(H,25,29)(H,26,28). The van der Waals surface area contributed by atoms with Crippen molar-refractivity contribution in [2.45, 2.75) is 52.7 Å². The normalized spacial score (nSPS) is 14.6. The first-order valence-electron chi connectivity index (χ1n) is 10.5. The summed E-state index contributed by atoms with van der Waals surface area (Å²) in [6.45, 7) is 8.89. The SMILES string of the molecule is CCc1ccccc1NC(=O)CN1C(=O)C(C)(C)Oc2ccc(C(=O)NC(C)C)cc21. The summed E-state index contributed by atoms with van der Waals surface area (Å²) in [5, 5.41) is 5.73. The molecule has 3 amide bonds. The van der Waals surface area contributed by atoms with Crippen LogP contribution in [0.25, 0.3) is 0 Å². The number of amides is 3. The fraction of sp³-hybridized carbons (Fsp3) is 0.375. The zero-order chi connectivity index (χ0) is 22.8. The molecule has 2 N–H and O–H groups in total. The maximum Gasteiger partial charge on any atom is 0.271 e. The average molecular weight is 424 g/mol. The van der Waals surface area contributed by atoms with Crippen molar-refractivity contribution >= 4 is 29.1 Å². The van der Waals surface area contributed by atoms with Crippen LogP contribution in [0.15, 0.2) is 42.5 Å². The molecule has 7 nitrogen and oxygen atoms in total. The Labute approximate surface area is 182 Å². The highest BCUT2D eigenvalue weighted by molar-refractivity contribution is 6.08. The molecule has 0 aliphatic carbocycles. The van der Waals surface area contributed by atoms with Crippen molar-refractivity contribution in [2.75, 3.05) is 16.8 Å². The number of nitrogens with one attached hydrogen (secondary N) is 2. The lowest BCUT2D eigenvalue weighted by molar-refractivity contribution is -0.133. The second-order valence-electron chi connectivity index (χ2n) is 8.37. The van der Waals surface area contributed by atoms with Gasteiger partial charge in [-0.25, -0.2) is 0 Å². The molecule has 1 aliphatic rings. The van der Waals surface area contributed by atoms with Crippen LogP contribution in [0.1, 0.15) is 50.5 Å². The van der Waals surface area contributed by atoms with Crippen molar-refractivity contribution in [1.82, 2.24) is 5.32 Å². The third-order valence-corrected chi connectivity index (χ3v) is 5.03. The van der Waals surface area contributed by atoms with E-state index in [1.807, 2.05) is 45.0 Å². The van der Waals surface area contributed by atoms with Gasteiger partial charge in [-0.3, -0.25) is 19.3 Å². The van der Waals surface area contributed by atoms with Gasteiger partial charge in [0.05, 0.1) is 5.69 Å². The highest BCUT2D eigenvalue weighted by atomic mass is 16.5. The summed E-state index contributed by atoms with van der Waals surface area (Å²) in [4.78, 5) is 39.8. The number of fused-ring (bicyclic) bond motifs is 1. The molecule has 0 spiro atoms. The van der Waals surface area contributed by atoms with E-state index in [4.69, 9.17) is 4.74 Å². The highest BCUT2D eigenvalue weighted by Gasteiger charge is 2.42. The van der Waals surface area contributed by atoms with E-state index in [1.54, 1.807) is 32.0 Å². The Kier molecular flexibility index (Phi) is 6.34. The Bertz CT molecular complexity index is 1010. The minimum atomic E-state index is -1.13. The molecule has 1 heterocycles. The van der Waals surface area contributed by atoms with E-state index in [0.717, 1.165) is 17.7 Å². The predicted octanol–water partition coefficient (Wildman–Crippen LogP) is 3.53. The van der Waals surface area contributed by atoms with E-state index in [9.17, 15) is 14.4 Å². The van der Waals surface area contributed by atoms with Gasteiger partial charge in [-0.15, -0.1) is 0 Å². The molecule has 0 bridgehead atoms. The molecule has 1 aliphatic heterocycles. The van der Waals surface area contributed by atoms with E-state index >= 15 is 0 Å². The Morgan fingerprint density at radius 1 is 1.13 bits per heavy atom. The third kappa shape index (κ3) is 4.87. The molecule has 2 aromatic rings. The van der Waals surface area contributed by atoms with Crippen LogP contribution < -0.4 is 20.3 Å². The number of para-hydroxylation sites is 1. The van der Waals surface area contributed by atoms with Crippen LogP contribution in [0, 0.1) is 0 Å². The number of carbonyl (C=O) groups excluding carboxylic acids is 3. The molecule has 0 unspecified atom stereocenters. The van der Waals surface area contributed by atoms with Gasteiger partial charge in [-0.2, -0.15) is 0 Å². The van der Waals surface area contributed by atoms with Crippen LogP contribution in [0.2, 0.25) is 0 Å². The molecule has 3 rings (SSSR count). The average Bonchev–Trinajstić information content (AvgIpc) is 2.70. The summed E-state index contributed by atoms with van der Waals surface area (Å²) in [6.07, 6.45) is 0.775. The van der Waals surface area contributed by atoms with Crippen LogP contribution in [0.3, 0.4) is 0 Å². The van der Waals surface area contributed by atoms with E-state index in [1.165, 1.54) is 4.90 Å². The monoisotopic (exact) mass is 423 g/mol. The van der Waals surface area contributed by atoms with E-state index < -0.39 is 5.60 Å². The van der Waals surface area contributed by atoms with Crippen molar-refractivity contribution in [1.29, 1.82) is 0 Å². The Morgan fingerprint density at radius 2 is 1.84 bits per heavy atom. The lowest BCUT2D eigenvalue weighted by atomic mass is 10.0. The van der Waals surface area contributed by atoms with Crippen molar-refractivity contribution in [3.8, 4) is 5.75 Å². The minimum Gasteiger partial charge on any atom is -0.476 e. The largest absolute Gasteiger partial charge is 0.476 e. The number of benzene rings is 2. The second kappa shape index (κ2) is 8.79. The van der Waals surface area contributed by atoms with Crippen LogP contribution in [0.5, 0.6) is 5.75 Å². The Hall–Kier alpha value is -3.35. The number of hydrogen-bond acceptors (Lipinski definition) is 4. The smallest absolute Gasteiger partial charge is 0.271 e. The maximum atomic E-state index is 13.1. The van der Waals surface area contributed by atoms with E-state index in [2.05, 4.69) is 10.6 Å². The number of rotatable bonds is 6. The molecule has 2 aromatic carbocycles. The number of carbonyl (C=O) groups is 3. The lowest BCUT2D eigenvalue weighted by Crippen LogP contribution is -2.54. The van der Waals surface area contributed by atoms with Crippen LogP contribution in [0.4, 0.5) is 11.4 Å². The summed E-state index contributed by atoms with van der Waals surface area (Å²) in [6, 6.07) is 12.4. The number of ether oxygens (including phenoxy) is 1. The van der Waals surface area contributed by atoms with Gasteiger partial charge >= 0.3 is 0 Å². The summed E-state index contributed by atoms with van der Waals surface area (Å²) < 4.78 is 5.86. The van der Waals surface area contributed by atoms with Gasteiger partial charge in [-0.1, -0.05) is 25.1 Å². The van der Waals surface area contributed by atoms with Crippen molar-refractivity contribution in [2.24, 2.45) is 0 Å². The van der Waals surface area contributed by atoms with Crippen molar-refractivity contribution < 1.29 is 19.1 Å². The zero-order valence-electron chi connectivity index (χ0n) is 18.6. The van der Waals surface area contributed by atoms with Crippen LogP contribution >= 0.6 is 0 Å². The van der Waals surface area contributed by atoms with Gasteiger partial charge in [0.25, 0.3) is 11.8 Å². The number of aryl methyl sites for hydroxylation is 1. The molecule has 0 saturated heterocycles. The summed E-state index contributed by atoms with van der Waals surface area (Å²) in [7, 11) is 0. The number of hydrogen-bond donors (Lipinski definition) is 2. The molecule has 0 atom stereocenters. The fourth-order valence-electron chi connectivity index (χ4n) is 3.50. The van der Waals surface area contributed by atoms with Gasteiger partial charge in [0.15, 0.2) is 5.60 Å². The van der Waals surface area contributed by atoms with Gasteiger partial charge in [0, 0.05) is 17.3 Å². The number of anilines is 2. The number of nitrogens with zero attached hydrogens (tertiary/aromatic N) is 1. The van der Waals surface area contributed by atoms with Crippen LogP contribution in [-0.4, -0.2) is 35.9 Å². The zero-order valence-corrected chi connectivity index (χ0v) is 18.6.